The van der Waals surface area contributed by atoms with Crippen LogP contribution in [0.4, 0.5) is 0 Å². The molecule has 18 heavy (non-hydrogen) atoms. The molecule has 0 saturated heterocycles. The van der Waals surface area contributed by atoms with Crippen molar-refractivity contribution in [2.75, 3.05) is 13.7 Å². The first kappa shape index (κ1) is 15.0. The molecule has 0 bridgehead atoms. The third-order valence-electron chi connectivity index (χ3n) is 3.53. The van der Waals surface area contributed by atoms with Gasteiger partial charge in [0.1, 0.15) is 0 Å². The Kier molecular flexibility index (Phi) is 5.14. The first-order chi connectivity index (χ1) is 8.41. The summed E-state index contributed by atoms with van der Waals surface area (Å²) in [7, 11) is 1.43. The maximum atomic E-state index is 12.2. The monoisotopic (exact) mass is 257 g/mol. The van der Waals surface area contributed by atoms with E-state index in [0.29, 0.717) is 5.92 Å². The average molecular weight is 257 g/mol. The molecule has 1 aliphatic rings. The molecule has 0 aromatic heterocycles. The highest BCUT2D eigenvalue weighted by Gasteiger charge is 2.45. The van der Waals surface area contributed by atoms with Crippen LogP contribution in [0.15, 0.2) is 0 Å². The van der Waals surface area contributed by atoms with E-state index in [0.717, 1.165) is 25.7 Å². The molecule has 1 atom stereocenters. The number of rotatable bonds is 7. The highest BCUT2D eigenvalue weighted by molar-refractivity contribution is 5.88. The van der Waals surface area contributed by atoms with Crippen molar-refractivity contribution in [2.45, 2.75) is 45.6 Å². The van der Waals surface area contributed by atoms with Crippen LogP contribution < -0.4 is 5.32 Å². The van der Waals surface area contributed by atoms with Crippen molar-refractivity contribution in [3.8, 4) is 0 Å². The number of nitrogens with one attached hydrogen (secondary N) is 1. The number of amides is 1. The minimum absolute atomic E-state index is 0.00116. The lowest BCUT2D eigenvalue weighted by Gasteiger charge is -2.42. The molecule has 0 aromatic rings. The van der Waals surface area contributed by atoms with Crippen LogP contribution in [0.2, 0.25) is 0 Å². The second-order valence-corrected chi connectivity index (χ2v) is 5.55. The van der Waals surface area contributed by atoms with E-state index in [-0.39, 0.29) is 17.9 Å². The van der Waals surface area contributed by atoms with E-state index >= 15 is 0 Å². The van der Waals surface area contributed by atoms with Crippen molar-refractivity contribution >= 4 is 11.9 Å². The van der Waals surface area contributed by atoms with Gasteiger partial charge in [-0.2, -0.15) is 0 Å². The Hall–Kier alpha value is -1.10. The van der Waals surface area contributed by atoms with E-state index in [1.807, 2.05) is 0 Å². The minimum atomic E-state index is -1.05. The first-order valence-corrected chi connectivity index (χ1v) is 6.44. The van der Waals surface area contributed by atoms with Crippen LogP contribution in [-0.2, 0) is 14.3 Å². The summed E-state index contributed by atoms with van der Waals surface area (Å²) in [5.41, 5.74) is -0.352. The van der Waals surface area contributed by atoms with Crippen molar-refractivity contribution in [2.24, 2.45) is 11.3 Å². The maximum absolute atomic E-state index is 12.2. The van der Waals surface area contributed by atoms with E-state index in [2.05, 4.69) is 19.2 Å². The van der Waals surface area contributed by atoms with Gasteiger partial charge in [0.05, 0.1) is 6.61 Å². The van der Waals surface area contributed by atoms with Crippen LogP contribution >= 0.6 is 0 Å². The van der Waals surface area contributed by atoms with Gasteiger partial charge in [-0.1, -0.05) is 20.3 Å². The lowest BCUT2D eigenvalue weighted by atomic mass is 9.64. The molecule has 104 valence electrons. The summed E-state index contributed by atoms with van der Waals surface area (Å²) in [6.45, 7) is 4.16. The standard InChI is InChI=1S/C13H23NO4/c1-9(2)7-13(5-4-6-13)12(17)14-10(8-18-3)11(15)16/h9-10H,4-8H2,1-3H3,(H,14,17)(H,15,16). The van der Waals surface area contributed by atoms with Crippen LogP contribution in [-0.4, -0.2) is 36.7 Å². The van der Waals surface area contributed by atoms with Crippen molar-refractivity contribution in [3.63, 3.8) is 0 Å². The molecule has 0 aliphatic heterocycles. The summed E-state index contributed by atoms with van der Waals surface area (Å²) >= 11 is 0. The molecule has 1 fully saturated rings. The van der Waals surface area contributed by atoms with E-state index in [9.17, 15) is 9.59 Å². The zero-order valence-electron chi connectivity index (χ0n) is 11.4. The second-order valence-electron chi connectivity index (χ2n) is 5.55. The Balaban J connectivity index is 2.64. The van der Waals surface area contributed by atoms with Gasteiger partial charge in [0.2, 0.25) is 5.91 Å². The smallest absolute Gasteiger partial charge is 0.328 e. The van der Waals surface area contributed by atoms with Crippen LogP contribution in [0.1, 0.15) is 39.5 Å². The number of carboxylic acid groups (broad SMARTS) is 1. The van der Waals surface area contributed by atoms with Gasteiger partial charge in [-0.25, -0.2) is 4.79 Å². The Morgan fingerprint density at radius 2 is 2.00 bits per heavy atom. The van der Waals surface area contributed by atoms with Crippen molar-refractivity contribution in [1.29, 1.82) is 0 Å². The lowest BCUT2D eigenvalue weighted by Crippen LogP contribution is -2.53. The van der Waals surface area contributed by atoms with Gasteiger partial charge in [0, 0.05) is 12.5 Å². The van der Waals surface area contributed by atoms with Crippen LogP contribution in [0.25, 0.3) is 0 Å². The normalized spacial score (nSPS) is 19.1. The molecule has 0 aromatic carbocycles. The zero-order valence-corrected chi connectivity index (χ0v) is 11.4. The SMILES string of the molecule is COCC(NC(=O)C1(CC(C)C)CCC1)C(=O)O. The highest BCUT2D eigenvalue weighted by Crippen LogP contribution is 2.46. The molecular weight excluding hydrogens is 234 g/mol. The summed E-state index contributed by atoms with van der Waals surface area (Å²) in [6.07, 6.45) is 3.58. The van der Waals surface area contributed by atoms with Crippen LogP contribution in [0.3, 0.4) is 0 Å². The molecule has 1 unspecified atom stereocenters. The molecule has 2 N–H and O–H groups in total. The predicted molar refractivity (Wildman–Crippen MR) is 67.2 cm³/mol. The number of carbonyl (C=O) groups excluding carboxylic acids is 1. The fraction of sp³-hybridized carbons (Fsp3) is 0.846. The second kappa shape index (κ2) is 6.18. The molecule has 0 radical (unpaired) electrons. The number of hydrogen-bond donors (Lipinski definition) is 2. The molecule has 1 amide bonds. The minimum Gasteiger partial charge on any atom is -0.480 e. The van der Waals surface area contributed by atoms with E-state index in [4.69, 9.17) is 9.84 Å². The van der Waals surface area contributed by atoms with E-state index in [1.165, 1.54) is 7.11 Å². The summed E-state index contributed by atoms with van der Waals surface area (Å²) < 4.78 is 4.82. The number of aliphatic carboxylic acids is 1. The van der Waals surface area contributed by atoms with Gasteiger partial charge >= 0.3 is 5.97 Å². The third-order valence-corrected chi connectivity index (χ3v) is 3.53. The molecule has 5 nitrogen and oxygen atoms in total. The van der Waals surface area contributed by atoms with Crippen molar-refractivity contribution < 1.29 is 19.4 Å². The number of carbonyl (C=O) groups is 2. The fourth-order valence-electron chi connectivity index (χ4n) is 2.56. The third kappa shape index (κ3) is 3.45. The number of hydrogen-bond acceptors (Lipinski definition) is 3. The van der Waals surface area contributed by atoms with Gasteiger partial charge in [-0.3, -0.25) is 4.79 Å². The fourth-order valence-corrected chi connectivity index (χ4v) is 2.56. The van der Waals surface area contributed by atoms with Gasteiger partial charge in [-0.05, 0) is 25.2 Å². The molecular formula is C13H23NO4. The van der Waals surface area contributed by atoms with Crippen molar-refractivity contribution in [1.82, 2.24) is 5.32 Å². The molecule has 1 saturated carbocycles. The van der Waals surface area contributed by atoms with Crippen molar-refractivity contribution in [3.05, 3.63) is 0 Å². The summed E-state index contributed by atoms with van der Waals surface area (Å²) in [4.78, 5) is 23.2. The highest BCUT2D eigenvalue weighted by atomic mass is 16.5. The summed E-state index contributed by atoms with van der Waals surface area (Å²) in [5.74, 6) is -0.752. The summed E-state index contributed by atoms with van der Waals surface area (Å²) in [6, 6.07) is -0.952. The Morgan fingerprint density at radius 3 is 2.33 bits per heavy atom. The van der Waals surface area contributed by atoms with Gasteiger partial charge < -0.3 is 15.2 Å². The number of methoxy groups -OCH3 is 1. The Morgan fingerprint density at radius 1 is 1.39 bits per heavy atom. The molecule has 1 aliphatic carbocycles. The lowest BCUT2D eigenvalue weighted by molar-refractivity contribution is -0.147. The quantitative estimate of drug-likeness (QED) is 0.723. The molecule has 0 heterocycles. The van der Waals surface area contributed by atoms with Crippen LogP contribution in [0, 0.1) is 11.3 Å². The van der Waals surface area contributed by atoms with Gasteiger partial charge in [0.25, 0.3) is 0 Å². The Labute approximate surface area is 108 Å². The number of ether oxygens (including phenoxy) is 1. The van der Waals surface area contributed by atoms with Crippen LogP contribution in [0.5, 0.6) is 0 Å². The topological polar surface area (TPSA) is 75.6 Å². The molecule has 1 rings (SSSR count). The Bertz CT molecular complexity index is 310. The van der Waals surface area contributed by atoms with Gasteiger partial charge in [0.15, 0.2) is 6.04 Å². The first-order valence-electron chi connectivity index (χ1n) is 6.44. The number of carboxylic acids is 1. The largest absolute Gasteiger partial charge is 0.480 e. The predicted octanol–water partition coefficient (Wildman–Crippen LogP) is 1.42. The maximum Gasteiger partial charge on any atom is 0.328 e. The van der Waals surface area contributed by atoms with E-state index < -0.39 is 12.0 Å². The zero-order chi connectivity index (χ0) is 13.8. The van der Waals surface area contributed by atoms with E-state index in [1.54, 1.807) is 0 Å². The van der Waals surface area contributed by atoms with Gasteiger partial charge in [-0.15, -0.1) is 0 Å². The molecule has 5 heteroatoms. The average Bonchev–Trinajstić information content (AvgIpc) is 2.22. The summed E-state index contributed by atoms with van der Waals surface area (Å²) in [5, 5.41) is 11.6. The molecule has 0 spiro atoms.